The predicted octanol–water partition coefficient (Wildman–Crippen LogP) is 0.716. The third-order valence-corrected chi connectivity index (χ3v) is 1.38. The summed E-state index contributed by atoms with van der Waals surface area (Å²) in [6.07, 6.45) is 5.12. The molecule has 0 unspecified atom stereocenters. The molecule has 0 saturated carbocycles. The number of quaternary nitrogens is 1. The fourth-order valence-corrected chi connectivity index (χ4v) is 0.359. The second-order valence-electron chi connectivity index (χ2n) is 2.61. The Morgan fingerprint density at radius 3 is 2.12 bits per heavy atom. The highest BCUT2D eigenvalue weighted by Gasteiger charge is 2.06. The Balaban J connectivity index is 3.58. The van der Waals surface area contributed by atoms with Crippen molar-refractivity contribution >= 4 is 0 Å². The summed E-state index contributed by atoms with van der Waals surface area (Å²) in [5.74, 6) is 2.63. The number of hydrogen-bond acceptors (Lipinski definition) is 0. The maximum absolute atomic E-state index is 5.12. The molecule has 0 aliphatic carbocycles. The van der Waals surface area contributed by atoms with Crippen molar-refractivity contribution < 1.29 is 4.48 Å². The lowest BCUT2D eigenvalue weighted by Crippen LogP contribution is -2.39. The van der Waals surface area contributed by atoms with Gasteiger partial charge in [0, 0.05) is 0 Å². The van der Waals surface area contributed by atoms with Gasteiger partial charge in [-0.15, -0.1) is 6.42 Å². The van der Waals surface area contributed by atoms with Gasteiger partial charge >= 0.3 is 0 Å². The molecular weight excluding hydrogens is 98.1 g/mol. The largest absolute Gasteiger partial charge is 0.319 e. The van der Waals surface area contributed by atoms with Gasteiger partial charge in [-0.1, -0.05) is 0 Å². The monoisotopic (exact) mass is 112 g/mol. The summed E-state index contributed by atoms with van der Waals surface area (Å²) in [7, 11) is 4.25. The second-order valence-corrected chi connectivity index (χ2v) is 2.61. The van der Waals surface area contributed by atoms with Crippen LogP contribution in [0.25, 0.3) is 0 Å². The van der Waals surface area contributed by atoms with Gasteiger partial charge in [0.2, 0.25) is 0 Å². The molecule has 8 heavy (non-hydrogen) atoms. The smallest absolute Gasteiger partial charge is 0.140 e. The fraction of sp³-hybridized carbons (Fsp3) is 0.714. The van der Waals surface area contributed by atoms with Crippen LogP contribution >= 0.6 is 0 Å². The maximum atomic E-state index is 5.12. The Morgan fingerprint density at radius 2 is 2.00 bits per heavy atom. The van der Waals surface area contributed by atoms with Crippen LogP contribution in [0.5, 0.6) is 0 Å². The minimum absolute atomic E-state index is 0.830. The van der Waals surface area contributed by atoms with E-state index in [0.717, 1.165) is 17.6 Å². The lowest BCUT2D eigenvalue weighted by atomic mass is 10.4. The zero-order chi connectivity index (χ0) is 6.62. The van der Waals surface area contributed by atoms with Crippen LogP contribution in [-0.2, 0) is 0 Å². The molecule has 0 radical (unpaired) electrons. The van der Waals surface area contributed by atoms with Crippen molar-refractivity contribution in [3.05, 3.63) is 0 Å². The van der Waals surface area contributed by atoms with Crippen LogP contribution in [0.2, 0.25) is 0 Å². The summed E-state index contributed by atoms with van der Waals surface area (Å²) in [5, 5.41) is 0. The van der Waals surface area contributed by atoms with Crippen LogP contribution in [0.1, 0.15) is 6.92 Å². The van der Waals surface area contributed by atoms with E-state index in [9.17, 15) is 0 Å². The normalized spacial score (nSPS) is 10.8. The SMILES string of the molecule is C#CC[N+](C)(C)CC. The van der Waals surface area contributed by atoms with E-state index >= 15 is 0 Å². The van der Waals surface area contributed by atoms with E-state index < -0.39 is 0 Å². The van der Waals surface area contributed by atoms with E-state index in [-0.39, 0.29) is 0 Å². The van der Waals surface area contributed by atoms with E-state index in [4.69, 9.17) is 6.42 Å². The molecule has 1 nitrogen and oxygen atoms in total. The third-order valence-electron chi connectivity index (χ3n) is 1.38. The Labute approximate surface area is 51.9 Å². The first-order valence-electron chi connectivity index (χ1n) is 2.88. The predicted molar refractivity (Wildman–Crippen MR) is 36.3 cm³/mol. The highest BCUT2D eigenvalue weighted by atomic mass is 15.3. The minimum Gasteiger partial charge on any atom is -0.319 e. The molecule has 0 fully saturated rings. The topological polar surface area (TPSA) is 0 Å². The summed E-state index contributed by atoms with van der Waals surface area (Å²) >= 11 is 0. The lowest BCUT2D eigenvalue weighted by Gasteiger charge is -2.24. The molecule has 1 heteroatoms. The first-order chi connectivity index (χ1) is 3.62. The van der Waals surface area contributed by atoms with Crippen LogP contribution in [0.4, 0.5) is 0 Å². The zero-order valence-corrected chi connectivity index (χ0v) is 5.94. The van der Waals surface area contributed by atoms with E-state index in [1.54, 1.807) is 0 Å². The first kappa shape index (κ1) is 7.52. The van der Waals surface area contributed by atoms with Crippen molar-refractivity contribution in [1.82, 2.24) is 0 Å². The van der Waals surface area contributed by atoms with E-state index in [1.165, 1.54) is 0 Å². The highest BCUT2D eigenvalue weighted by Crippen LogP contribution is 1.91. The van der Waals surface area contributed by atoms with Gasteiger partial charge in [-0.25, -0.2) is 0 Å². The molecule has 0 rings (SSSR count). The molecule has 0 aromatic rings. The van der Waals surface area contributed by atoms with Gasteiger partial charge in [0.15, 0.2) is 0 Å². The molecule has 0 aliphatic heterocycles. The van der Waals surface area contributed by atoms with Gasteiger partial charge < -0.3 is 4.48 Å². The van der Waals surface area contributed by atoms with Gasteiger partial charge in [-0.05, 0) is 12.8 Å². The molecule has 0 N–H and O–H groups in total. The van der Waals surface area contributed by atoms with E-state index in [2.05, 4.69) is 26.9 Å². The Hall–Kier alpha value is -0.480. The summed E-state index contributed by atoms with van der Waals surface area (Å²) in [6, 6.07) is 0. The molecular formula is C7H14N+. The molecule has 0 amide bonds. The minimum atomic E-state index is 0.830. The van der Waals surface area contributed by atoms with Gasteiger partial charge in [0.1, 0.15) is 6.54 Å². The molecule has 0 aromatic carbocycles. The molecule has 0 saturated heterocycles. The Kier molecular flexibility index (Phi) is 2.57. The number of hydrogen-bond donors (Lipinski definition) is 0. The summed E-state index contributed by atoms with van der Waals surface area (Å²) in [5.41, 5.74) is 0. The number of terminal acetylenes is 1. The summed E-state index contributed by atoms with van der Waals surface area (Å²) in [6.45, 7) is 4.07. The number of rotatable bonds is 2. The molecule has 46 valence electrons. The van der Waals surface area contributed by atoms with Crippen molar-refractivity contribution in [3.63, 3.8) is 0 Å². The van der Waals surface area contributed by atoms with Gasteiger partial charge in [0.25, 0.3) is 0 Å². The van der Waals surface area contributed by atoms with Crippen LogP contribution in [0.3, 0.4) is 0 Å². The highest BCUT2D eigenvalue weighted by molar-refractivity contribution is 4.82. The molecule has 0 heterocycles. The van der Waals surface area contributed by atoms with Crippen molar-refractivity contribution in [3.8, 4) is 12.3 Å². The molecule has 0 aliphatic rings. The molecule has 0 atom stereocenters. The van der Waals surface area contributed by atoms with Crippen molar-refractivity contribution in [2.24, 2.45) is 0 Å². The van der Waals surface area contributed by atoms with Gasteiger partial charge in [0.05, 0.1) is 20.6 Å². The van der Waals surface area contributed by atoms with Crippen molar-refractivity contribution in [2.75, 3.05) is 27.2 Å². The molecule has 0 spiro atoms. The summed E-state index contributed by atoms with van der Waals surface area (Å²) in [4.78, 5) is 0. The zero-order valence-electron chi connectivity index (χ0n) is 5.94. The average Bonchev–Trinajstić information content (AvgIpc) is 1.67. The third kappa shape index (κ3) is 2.65. The molecule has 0 bridgehead atoms. The Morgan fingerprint density at radius 1 is 1.50 bits per heavy atom. The van der Waals surface area contributed by atoms with Crippen LogP contribution < -0.4 is 0 Å². The lowest BCUT2D eigenvalue weighted by molar-refractivity contribution is -0.881. The molecule has 0 aromatic heterocycles. The van der Waals surface area contributed by atoms with E-state index in [0.29, 0.717) is 0 Å². The number of nitrogens with zero attached hydrogens (tertiary/aromatic N) is 1. The van der Waals surface area contributed by atoms with Crippen molar-refractivity contribution in [1.29, 1.82) is 0 Å². The van der Waals surface area contributed by atoms with Gasteiger partial charge in [-0.3, -0.25) is 0 Å². The standard InChI is InChI=1S/C7H14N/c1-5-7-8(3,4)6-2/h1H,6-7H2,2-4H3/q+1. The van der Waals surface area contributed by atoms with Crippen LogP contribution in [0, 0.1) is 12.3 Å². The van der Waals surface area contributed by atoms with Crippen LogP contribution in [0.15, 0.2) is 0 Å². The first-order valence-corrected chi connectivity index (χ1v) is 2.88. The maximum Gasteiger partial charge on any atom is 0.140 e. The second kappa shape index (κ2) is 2.74. The van der Waals surface area contributed by atoms with Crippen LogP contribution in [-0.4, -0.2) is 31.7 Å². The fourth-order valence-electron chi connectivity index (χ4n) is 0.359. The van der Waals surface area contributed by atoms with Gasteiger partial charge in [-0.2, -0.15) is 0 Å². The average molecular weight is 112 g/mol. The quantitative estimate of drug-likeness (QED) is 0.364. The van der Waals surface area contributed by atoms with Crippen molar-refractivity contribution in [2.45, 2.75) is 6.92 Å². The Bertz CT molecular complexity index is 97.4. The van der Waals surface area contributed by atoms with E-state index in [1.807, 2.05) is 0 Å². The summed E-state index contributed by atoms with van der Waals surface area (Å²) < 4.78 is 0.927.